The van der Waals surface area contributed by atoms with Crippen LogP contribution in [0.4, 0.5) is 0 Å². The van der Waals surface area contributed by atoms with Gasteiger partial charge >= 0.3 is 0 Å². The molecule has 2 aromatic carbocycles. The minimum atomic E-state index is -0.717. The zero-order valence-electron chi connectivity index (χ0n) is 19.9. The van der Waals surface area contributed by atoms with Crippen LogP contribution in [0.25, 0.3) is 5.76 Å². The van der Waals surface area contributed by atoms with Crippen LogP contribution in [0.5, 0.6) is 17.2 Å². The van der Waals surface area contributed by atoms with Crippen molar-refractivity contribution >= 4 is 17.4 Å². The topological polar surface area (TPSA) is 88.5 Å². The molecule has 3 aliphatic rings. The summed E-state index contributed by atoms with van der Waals surface area (Å²) in [6, 6.07) is 11.6. The molecule has 0 radical (unpaired) electrons. The van der Waals surface area contributed by atoms with Crippen LogP contribution in [0.2, 0.25) is 0 Å². The Morgan fingerprint density at radius 3 is 2.63 bits per heavy atom. The van der Waals surface area contributed by atoms with Gasteiger partial charge in [-0.05, 0) is 68.8 Å². The molecule has 1 unspecified atom stereocenters. The van der Waals surface area contributed by atoms with E-state index in [1.165, 1.54) is 6.42 Å². The van der Waals surface area contributed by atoms with Crippen LogP contribution in [-0.2, 0) is 9.59 Å². The van der Waals surface area contributed by atoms with Crippen LogP contribution < -0.4 is 14.2 Å². The van der Waals surface area contributed by atoms with Crippen molar-refractivity contribution in [2.24, 2.45) is 0 Å². The average molecular weight is 479 g/mol. The van der Waals surface area contributed by atoms with Gasteiger partial charge in [-0.2, -0.15) is 0 Å². The minimum Gasteiger partial charge on any atom is -0.507 e. The molecular formula is C27H30N2O6. The predicted octanol–water partition coefficient (Wildman–Crippen LogP) is 3.72. The second kappa shape index (κ2) is 10.00. The Bertz CT molecular complexity index is 1150. The molecule has 1 atom stereocenters. The van der Waals surface area contributed by atoms with Crippen molar-refractivity contribution in [3.05, 3.63) is 59.2 Å². The van der Waals surface area contributed by atoms with Crippen LogP contribution in [0.3, 0.4) is 0 Å². The van der Waals surface area contributed by atoms with Crippen LogP contribution >= 0.6 is 0 Å². The highest BCUT2D eigenvalue weighted by molar-refractivity contribution is 6.46. The van der Waals surface area contributed by atoms with Gasteiger partial charge in [-0.15, -0.1) is 0 Å². The Hall–Kier alpha value is -3.52. The first kappa shape index (κ1) is 23.2. The first-order valence-electron chi connectivity index (χ1n) is 12.2. The highest BCUT2D eigenvalue weighted by Gasteiger charge is 2.46. The Labute approximate surface area is 204 Å². The van der Waals surface area contributed by atoms with Crippen molar-refractivity contribution < 1.29 is 28.9 Å². The quantitative estimate of drug-likeness (QED) is 0.369. The van der Waals surface area contributed by atoms with E-state index in [0.29, 0.717) is 42.5 Å². The number of Topliss-reactive ketones (excluding diaryl/α,β-unsaturated/α-hetero) is 1. The molecule has 0 aromatic heterocycles. The van der Waals surface area contributed by atoms with Crippen molar-refractivity contribution in [1.29, 1.82) is 0 Å². The lowest BCUT2D eigenvalue weighted by atomic mass is 9.95. The van der Waals surface area contributed by atoms with Gasteiger partial charge in [0.2, 0.25) is 6.79 Å². The first-order valence-corrected chi connectivity index (χ1v) is 12.2. The Balaban J connectivity index is 1.54. The van der Waals surface area contributed by atoms with Gasteiger partial charge in [0.1, 0.15) is 11.5 Å². The molecule has 0 bridgehead atoms. The van der Waals surface area contributed by atoms with Crippen LogP contribution in [0.1, 0.15) is 43.4 Å². The summed E-state index contributed by atoms with van der Waals surface area (Å²) < 4.78 is 16.5. The average Bonchev–Trinajstić information content (AvgIpc) is 3.45. The van der Waals surface area contributed by atoms with Crippen molar-refractivity contribution in [3.8, 4) is 17.2 Å². The molecule has 0 aliphatic carbocycles. The van der Waals surface area contributed by atoms with Crippen molar-refractivity contribution in [2.75, 3.05) is 39.6 Å². The fourth-order valence-corrected chi connectivity index (χ4v) is 5.03. The molecule has 1 amide bonds. The summed E-state index contributed by atoms with van der Waals surface area (Å²) >= 11 is 0. The number of carbonyl (C=O) groups excluding carboxylic acids is 2. The van der Waals surface area contributed by atoms with E-state index in [1.54, 1.807) is 23.1 Å². The Morgan fingerprint density at radius 2 is 1.83 bits per heavy atom. The van der Waals surface area contributed by atoms with E-state index < -0.39 is 17.7 Å². The van der Waals surface area contributed by atoms with Gasteiger partial charge in [0.25, 0.3) is 11.7 Å². The van der Waals surface area contributed by atoms with E-state index in [4.69, 9.17) is 14.2 Å². The molecule has 1 N–H and O–H groups in total. The minimum absolute atomic E-state index is 0.0705. The van der Waals surface area contributed by atoms with Gasteiger partial charge in [-0.3, -0.25) is 9.59 Å². The van der Waals surface area contributed by atoms with Gasteiger partial charge in [0, 0.05) is 18.7 Å². The van der Waals surface area contributed by atoms with E-state index in [9.17, 15) is 14.7 Å². The summed E-state index contributed by atoms with van der Waals surface area (Å²) in [6.07, 6.45) is 3.51. The van der Waals surface area contributed by atoms with Crippen LogP contribution in [0.15, 0.2) is 48.0 Å². The molecule has 0 saturated carbocycles. The third-order valence-corrected chi connectivity index (χ3v) is 6.78. The zero-order valence-corrected chi connectivity index (χ0v) is 19.9. The fourth-order valence-electron chi connectivity index (χ4n) is 5.03. The van der Waals surface area contributed by atoms with Gasteiger partial charge in [-0.1, -0.05) is 18.6 Å². The summed E-state index contributed by atoms with van der Waals surface area (Å²) in [5, 5.41) is 11.3. The summed E-state index contributed by atoms with van der Waals surface area (Å²) in [4.78, 5) is 30.5. The standard InChI is InChI=1S/C27H30N2O6/c1-2-33-20-8-6-7-18(15-20)24-23(25(30)19-9-10-21-22(16-19)35-17-34-21)26(31)27(32)29(24)14-13-28-11-4-3-5-12-28/h6-10,15-16,24,30H,2-5,11-14,17H2,1H3/b25-23+. The number of aliphatic hydroxyl groups is 1. The number of carbonyl (C=O) groups is 2. The highest BCUT2D eigenvalue weighted by Crippen LogP contribution is 2.42. The number of rotatable bonds is 7. The van der Waals surface area contributed by atoms with E-state index >= 15 is 0 Å². The number of fused-ring (bicyclic) bond motifs is 1. The summed E-state index contributed by atoms with van der Waals surface area (Å²) in [5.41, 5.74) is 1.19. The monoisotopic (exact) mass is 478 g/mol. The molecule has 35 heavy (non-hydrogen) atoms. The number of hydrogen-bond acceptors (Lipinski definition) is 7. The Morgan fingerprint density at radius 1 is 1.03 bits per heavy atom. The van der Waals surface area contributed by atoms with E-state index in [-0.39, 0.29) is 18.1 Å². The van der Waals surface area contributed by atoms with Gasteiger partial charge in [0.05, 0.1) is 18.2 Å². The largest absolute Gasteiger partial charge is 0.507 e. The van der Waals surface area contributed by atoms with E-state index in [2.05, 4.69) is 4.90 Å². The third kappa shape index (κ3) is 4.58. The molecular weight excluding hydrogens is 448 g/mol. The van der Waals surface area contributed by atoms with E-state index in [1.807, 2.05) is 31.2 Å². The molecule has 2 saturated heterocycles. The fraction of sp³-hybridized carbons (Fsp3) is 0.407. The molecule has 2 fully saturated rings. The van der Waals surface area contributed by atoms with Gasteiger partial charge in [0.15, 0.2) is 11.5 Å². The zero-order chi connectivity index (χ0) is 24.4. The van der Waals surface area contributed by atoms with Gasteiger partial charge in [-0.25, -0.2) is 0 Å². The van der Waals surface area contributed by atoms with Crippen molar-refractivity contribution in [2.45, 2.75) is 32.2 Å². The molecule has 5 rings (SSSR count). The lowest BCUT2D eigenvalue weighted by Gasteiger charge is -2.31. The normalized spacial score (nSPS) is 21.5. The van der Waals surface area contributed by atoms with Gasteiger partial charge < -0.3 is 29.1 Å². The third-order valence-electron chi connectivity index (χ3n) is 6.78. The second-order valence-corrected chi connectivity index (χ2v) is 8.97. The summed E-state index contributed by atoms with van der Waals surface area (Å²) in [5.74, 6) is 0.193. The maximum absolute atomic E-state index is 13.3. The predicted molar refractivity (Wildman–Crippen MR) is 129 cm³/mol. The number of aliphatic hydroxyl groups excluding tert-OH is 1. The number of hydrogen-bond donors (Lipinski definition) is 1. The molecule has 2 aromatic rings. The SMILES string of the molecule is CCOc1cccc(C2/C(=C(\O)c3ccc4c(c3)OCO4)C(=O)C(=O)N2CCN2CCCCC2)c1. The number of piperidine rings is 1. The second-order valence-electron chi connectivity index (χ2n) is 8.97. The summed E-state index contributed by atoms with van der Waals surface area (Å²) in [7, 11) is 0. The smallest absolute Gasteiger partial charge is 0.295 e. The Kier molecular flexibility index (Phi) is 6.63. The molecule has 3 aliphatic heterocycles. The molecule has 184 valence electrons. The number of amides is 1. The number of ether oxygens (including phenoxy) is 3. The number of nitrogens with zero attached hydrogens (tertiary/aromatic N) is 2. The van der Waals surface area contributed by atoms with Crippen LogP contribution in [0, 0.1) is 0 Å². The molecule has 8 heteroatoms. The lowest BCUT2D eigenvalue weighted by molar-refractivity contribution is -0.140. The highest BCUT2D eigenvalue weighted by atomic mass is 16.7. The van der Waals surface area contributed by atoms with Crippen LogP contribution in [-0.4, -0.2) is 66.2 Å². The molecule has 3 heterocycles. The number of benzene rings is 2. The summed E-state index contributed by atoms with van der Waals surface area (Å²) in [6.45, 7) is 5.56. The first-order chi connectivity index (χ1) is 17.1. The maximum Gasteiger partial charge on any atom is 0.295 e. The lowest BCUT2D eigenvalue weighted by Crippen LogP contribution is -2.40. The van der Waals surface area contributed by atoms with E-state index in [0.717, 1.165) is 31.5 Å². The number of likely N-dealkylation sites (tertiary alicyclic amines) is 2. The van der Waals surface area contributed by atoms with Crippen molar-refractivity contribution in [1.82, 2.24) is 9.80 Å². The molecule has 0 spiro atoms. The van der Waals surface area contributed by atoms with Crippen molar-refractivity contribution in [3.63, 3.8) is 0 Å². The number of ketones is 1. The molecule has 8 nitrogen and oxygen atoms in total. The maximum atomic E-state index is 13.3.